The van der Waals surface area contributed by atoms with Crippen molar-refractivity contribution in [3.05, 3.63) is 0 Å². The quantitative estimate of drug-likeness (QED) is 0.790. The van der Waals surface area contributed by atoms with Crippen LogP contribution in [0.5, 0.6) is 0 Å². The maximum Gasteiger partial charge on any atom is 0.281 e. The van der Waals surface area contributed by atoms with E-state index in [0.29, 0.717) is 31.5 Å². The summed E-state index contributed by atoms with van der Waals surface area (Å²) in [6.45, 7) is 3.03. The minimum absolute atomic E-state index is 0.585. The highest BCUT2D eigenvalue weighted by Crippen LogP contribution is 2.28. The highest BCUT2D eigenvalue weighted by atomic mass is 32.2. The van der Waals surface area contributed by atoms with E-state index < -0.39 is 10.2 Å². The predicted octanol–water partition coefficient (Wildman–Crippen LogP) is 0.895. The average Bonchev–Trinajstić information content (AvgIpc) is 2.34. The van der Waals surface area contributed by atoms with Gasteiger partial charge in [-0.3, -0.25) is 0 Å². The Morgan fingerprint density at radius 2 is 1.79 bits per heavy atom. The molecule has 1 saturated carbocycles. The van der Waals surface area contributed by atoms with Crippen molar-refractivity contribution in [3.8, 4) is 0 Å². The van der Waals surface area contributed by atoms with Gasteiger partial charge in [0.2, 0.25) is 0 Å². The van der Waals surface area contributed by atoms with Gasteiger partial charge in [0.15, 0.2) is 0 Å². The van der Waals surface area contributed by atoms with E-state index in [1.165, 1.54) is 19.3 Å². The average molecular weight is 289 g/mol. The maximum atomic E-state index is 12.5. The van der Waals surface area contributed by atoms with Gasteiger partial charge < -0.3 is 5.32 Å². The van der Waals surface area contributed by atoms with E-state index in [9.17, 15) is 8.42 Å². The van der Waals surface area contributed by atoms with E-state index >= 15 is 0 Å². The largest absolute Gasteiger partial charge is 0.319 e. The Morgan fingerprint density at radius 3 is 2.26 bits per heavy atom. The van der Waals surface area contributed by atoms with Gasteiger partial charge in [0.25, 0.3) is 10.2 Å². The second-order valence-corrected chi connectivity index (χ2v) is 8.02. The van der Waals surface area contributed by atoms with Crippen molar-refractivity contribution in [2.75, 3.05) is 40.3 Å². The molecule has 1 aliphatic carbocycles. The molecule has 5 nitrogen and oxygen atoms in total. The molecule has 1 N–H and O–H groups in total. The zero-order valence-electron chi connectivity index (χ0n) is 12.1. The van der Waals surface area contributed by atoms with Crippen molar-refractivity contribution in [1.29, 1.82) is 0 Å². The molecule has 1 aliphatic heterocycles. The third-order valence-electron chi connectivity index (χ3n) is 4.53. The summed E-state index contributed by atoms with van der Waals surface area (Å²) < 4.78 is 28.2. The first-order valence-corrected chi connectivity index (χ1v) is 8.79. The molecule has 6 heteroatoms. The lowest BCUT2D eigenvalue weighted by Gasteiger charge is -2.36. The molecule has 0 aromatic rings. The third kappa shape index (κ3) is 3.68. The van der Waals surface area contributed by atoms with Crippen LogP contribution in [0.2, 0.25) is 0 Å². The van der Waals surface area contributed by atoms with Gasteiger partial charge in [0.1, 0.15) is 0 Å². The molecule has 0 spiro atoms. The minimum atomic E-state index is -3.23. The molecule has 0 unspecified atom stereocenters. The monoisotopic (exact) mass is 289 g/mol. The summed E-state index contributed by atoms with van der Waals surface area (Å²) >= 11 is 0. The highest BCUT2D eigenvalue weighted by molar-refractivity contribution is 7.86. The molecule has 0 atom stereocenters. The lowest BCUT2D eigenvalue weighted by atomic mass is 9.86. The first kappa shape index (κ1) is 15.2. The number of hydrogen-bond acceptors (Lipinski definition) is 3. The molecule has 1 saturated heterocycles. The Morgan fingerprint density at radius 1 is 1.16 bits per heavy atom. The Balaban J connectivity index is 1.85. The van der Waals surface area contributed by atoms with Gasteiger partial charge in [-0.05, 0) is 51.1 Å². The van der Waals surface area contributed by atoms with Crippen molar-refractivity contribution in [2.24, 2.45) is 11.8 Å². The van der Waals surface area contributed by atoms with Gasteiger partial charge in [-0.2, -0.15) is 17.0 Å². The summed E-state index contributed by atoms with van der Waals surface area (Å²) in [6, 6.07) is 0. The molecule has 1 heterocycles. The first-order chi connectivity index (χ1) is 9.04. The van der Waals surface area contributed by atoms with Crippen LogP contribution in [0.4, 0.5) is 0 Å². The SMILES string of the molecule is CNCC1CCN(S(=O)(=O)N(C)CC2CCC2)CC1. The zero-order valence-corrected chi connectivity index (χ0v) is 13.0. The van der Waals surface area contributed by atoms with Gasteiger partial charge in [0, 0.05) is 26.7 Å². The standard InChI is InChI=1S/C13H27N3O2S/c1-14-10-12-6-8-16(9-7-12)19(17,18)15(2)11-13-4-3-5-13/h12-14H,3-11H2,1-2H3. The van der Waals surface area contributed by atoms with Crippen LogP contribution in [0, 0.1) is 11.8 Å². The van der Waals surface area contributed by atoms with E-state index in [2.05, 4.69) is 5.32 Å². The Bertz CT molecular complexity index is 373. The fraction of sp³-hybridized carbons (Fsp3) is 1.00. The first-order valence-electron chi connectivity index (χ1n) is 7.40. The van der Waals surface area contributed by atoms with Crippen LogP contribution in [0.3, 0.4) is 0 Å². The molecular formula is C13H27N3O2S. The Hall–Kier alpha value is -0.170. The summed E-state index contributed by atoms with van der Waals surface area (Å²) in [5.74, 6) is 1.20. The predicted molar refractivity (Wildman–Crippen MR) is 77.1 cm³/mol. The number of rotatable bonds is 6. The fourth-order valence-corrected chi connectivity index (χ4v) is 4.43. The number of piperidine rings is 1. The van der Waals surface area contributed by atoms with Crippen molar-refractivity contribution < 1.29 is 8.42 Å². The second-order valence-electron chi connectivity index (χ2n) is 5.99. The van der Waals surface area contributed by atoms with E-state index in [1.807, 2.05) is 7.05 Å². The van der Waals surface area contributed by atoms with Crippen LogP contribution in [-0.2, 0) is 10.2 Å². The molecule has 0 amide bonds. The van der Waals surface area contributed by atoms with E-state index in [-0.39, 0.29) is 0 Å². The maximum absolute atomic E-state index is 12.5. The minimum Gasteiger partial charge on any atom is -0.319 e. The normalized spacial score (nSPS) is 23.7. The summed E-state index contributed by atoms with van der Waals surface area (Å²) in [7, 11) is 0.458. The van der Waals surface area contributed by atoms with Gasteiger partial charge in [-0.25, -0.2) is 0 Å². The Kier molecular flexibility index (Phi) is 5.22. The molecule has 0 aromatic heterocycles. The van der Waals surface area contributed by atoms with E-state index in [0.717, 1.165) is 19.4 Å². The molecule has 0 radical (unpaired) electrons. The van der Waals surface area contributed by atoms with Crippen molar-refractivity contribution >= 4 is 10.2 Å². The Labute approximate surface area is 117 Å². The number of hydrogen-bond donors (Lipinski definition) is 1. The lowest BCUT2D eigenvalue weighted by molar-refractivity contribution is 0.230. The number of nitrogens with zero attached hydrogens (tertiary/aromatic N) is 2. The van der Waals surface area contributed by atoms with Gasteiger partial charge in [0.05, 0.1) is 0 Å². The van der Waals surface area contributed by atoms with Crippen molar-refractivity contribution in [3.63, 3.8) is 0 Å². The van der Waals surface area contributed by atoms with Gasteiger partial charge in [-0.1, -0.05) is 6.42 Å². The fourth-order valence-electron chi connectivity index (χ4n) is 2.96. The topological polar surface area (TPSA) is 52.7 Å². The molecule has 19 heavy (non-hydrogen) atoms. The van der Waals surface area contributed by atoms with Gasteiger partial charge in [-0.15, -0.1) is 0 Å². The summed E-state index contributed by atoms with van der Waals surface area (Å²) in [5, 5.41) is 3.18. The molecular weight excluding hydrogens is 262 g/mol. The summed E-state index contributed by atoms with van der Waals surface area (Å²) in [4.78, 5) is 0. The lowest BCUT2D eigenvalue weighted by Crippen LogP contribution is -2.48. The van der Waals surface area contributed by atoms with Gasteiger partial charge >= 0.3 is 0 Å². The highest BCUT2D eigenvalue weighted by Gasteiger charge is 2.32. The molecule has 2 aliphatic rings. The molecule has 0 aromatic carbocycles. The molecule has 0 bridgehead atoms. The number of nitrogens with one attached hydrogen (secondary N) is 1. The van der Waals surface area contributed by atoms with Crippen LogP contribution < -0.4 is 5.32 Å². The third-order valence-corrected chi connectivity index (χ3v) is 6.48. The van der Waals surface area contributed by atoms with Crippen LogP contribution in [0.25, 0.3) is 0 Å². The van der Waals surface area contributed by atoms with Crippen LogP contribution in [-0.4, -0.2) is 57.3 Å². The zero-order chi connectivity index (χ0) is 13.9. The molecule has 2 rings (SSSR count). The summed E-state index contributed by atoms with van der Waals surface area (Å²) in [6.07, 6.45) is 5.57. The van der Waals surface area contributed by atoms with Crippen LogP contribution >= 0.6 is 0 Å². The van der Waals surface area contributed by atoms with Crippen LogP contribution in [0.1, 0.15) is 32.1 Å². The van der Waals surface area contributed by atoms with Crippen LogP contribution in [0.15, 0.2) is 0 Å². The second kappa shape index (κ2) is 6.52. The smallest absolute Gasteiger partial charge is 0.281 e. The van der Waals surface area contributed by atoms with E-state index in [1.54, 1.807) is 15.7 Å². The summed E-state index contributed by atoms with van der Waals surface area (Å²) in [5.41, 5.74) is 0. The van der Waals surface area contributed by atoms with E-state index in [4.69, 9.17) is 0 Å². The molecule has 2 fully saturated rings. The molecule has 112 valence electrons. The van der Waals surface area contributed by atoms with Crippen molar-refractivity contribution in [1.82, 2.24) is 13.9 Å². The van der Waals surface area contributed by atoms with Crippen molar-refractivity contribution in [2.45, 2.75) is 32.1 Å².